The van der Waals surface area contributed by atoms with Crippen molar-refractivity contribution in [3.8, 4) is 0 Å². The van der Waals surface area contributed by atoms with Crippen molar-refractivity contribution in [3.05, 3.63) is 41.5 Å². The van der Waals surface area contributed by atoms with Crippen molar-refractivity contribution in [3.63, 3.8) is 0 Å². The van der Waals surface area contributed by atoms with Crippen LogP contribution in [0.25, 0.3) is 11.1 Å². The van der Waals surface area contributed by atoms with Crippen LogP contribution in [0.3, 0.4) is 0 Å². The number of carbonyl (C=O) groups is 1. The third kappa shape index (κ3) is 4.82. The molecule has 1 aliphatic heterocycles. The van der Waals surface area contributed by atoms with Crippen molar-refractivity contribution in [2.24, 2.45) is 0 Å². The first-order valence-corrected chi connectivity index (χ1v) is 10.8. The van der Waals surface area contributed by atoms with Crippen LogP contribution in [-0.4, -0.2) is 70.2 Å². The average molecular weight is 424 g/mol. The molecule has 164 valence electrons. The molecule has 3 aromatic rings. The monoisotopic (exact) mass is 423 g/mol. The molecule has 0 saturated carbocycles. The van der Waals surface area contributed by atoms with Crippen molar-refractivity contribution < 1.29 is 9.32 Å². The van der Waals surface area contributed by atoms with Crippen LogP contribution >= 0.6 is 0 Å². The number of anilines is 1. The number of carbonyl (C=O) groups excluding carboxylic acids is 1. The largest absolute Gasteiger partial charge is 0.352 e. The van der Waals surface area contributed by atoms with Gasteiger partial charge in [0.2, 0.25) is 5.95 Å². The van der Waals surface area contributed by atoms with Gasteiger partial charge in [0.15, 0.2) is 0 Å². The van der Waals surface area contributed by atoms with E-state index < -0.39 is 0 Å². The topological polar surface area (TPSA) is 100 Å². The molecule has 1 aliphatic rings. The number of nitrogens with zero attached hydrogens (tertiary/aromatic N) is 6. The van der Waals surface area contributed by atoms with Gasteiger partial charge in [0, 0.05) is 50.8 Å². The number of aromatic nitrogens is 4. The van der Waals surface area contributed by atoms with Crippen LogP contribution in [0.5, 0.6) is 0 Å². The van der Waals surface area contributed by atoms with Crippen molar-refractivity contribution in [2.45, 2.75) is 33.1 Å². The molecular weight excluding hydrogens is 394 g/mol. The molecule has 0 aromatic carbocycles. The van der Waals surface area contributed by atoms with E-state index in [0.29, 0.717) is 28.9 Å². The predicted molar refractivity (Wildman–Crippen MR) is 118 cm³/mol. The molecule has 3 aromatic heterocycles. The van der Waals surface area contributed by atoms with Crippen LogP contribution < -0.4 is 10.2 Å². The summed E-state index contributed by atoms with van der Waals surface area (Å²) in [5.41, 5.74) is 2.52. The van der Waals surface area contributed by atoms with E-state index in [1.165, 1.54) is 0 Å². The fourth-order valence-electron chi connectivity index (χ4n) is 3.81. The molecule has 9 nitrogen and oxygen atoms in total. The molecule has 9 heteroatoms. The highest BCUT2D eigenvalue weighted by Gasteiger charge is 2.20. The minimum Gasteiger partial charge on any atom is -0.352 e. The van der Waals surface area contributed by atoms with Gasteiger partial charge in [0.1, 0.15) is 0 Å². The summed E-state index contributed by atoms with van der Waals surface area (Å²) >= 11 is 0. The van der Waals surface area contributed by atoms with Crippen LogP contribution in [0.4, 0.5) is 5.95 Å². The molecule has 4 heterocycles. The van der Waals surface area contributed by atoms with Gasteiger partial charge in [0.05, 0.1) is 16.6 Å². The molecule has 1 N–H and O–H groups in total. The standard InChI is InChI=1S/C22H29N7O2/c1-15(2)18-14-17(19-16(3)27-31-21(19)26-18)20(30)23-8-5-9-28-10-12-29(13-11-28)22-24-6-4-7-25-22/h4,6-7,14-15H,5,8-13H2,1-3H3,(H,23,30). The summed E-state index contributed by atoms with van der Waals surface area (Å²) < 4.78 is 5.32. The number of pyridine rings is 1. The summed E-state index contributed by atoms with van der Waals surface area (Å²) in [5.74, 6) is 0.885. The van der Waals surface area contributed by atoms with E-state index in [-0.39, 0.29) is 11.8 Å². The Labute approximate surface area is 181 Å². The Hall–Kier alpha value is -3.07. The van der Waals surface area contributed by atoms with Crippen molar-refractivity contribution in [1.29, 1.82) is 0 Å². The zero-order valence-corrected chi connectivity index (χ0v) is 18.3. The Morgan fingerprint density at radius 3 is 2.65 bits per heavy atom. The highest BCUT2D eigenvalue weighted by atomic mass is 16.5. The maximum absolute atomic E-state index is 12.9. The normalized spacial score (nSPS) is 15.0. The lowest BCUT2D eigenvalue weighted by molar-refractivity contribution is 0.0953. The van der Waals surface area contributed by atoms with Gasteiger partial charge in [-0.15, -0.1) is 0 Å². The third-order valence-electron chi connectivity index (χ3n) is 5.62. The molecular formula is C22H29N7O2. The number of rotatable bonds is 7. The Bertz CT molecular complexity index is 1030. The summed E-state index contributed by atoms with van der Waals surface area (Å²) in [5, 5.41) is 7.74. The fraction of sp³-hybridized carbons (Fsp3) is 0.500. The number of fused-ring (bicyclic) bond motifs is 1. The smallest absolute Gasteiger partial charge is 0.259 e. The minimum absolute atomic E-state index is 0.105. The van der Waals surface area contributed by atoms with Gasteiger partial charge >= 0.3 is 0 Å². The van der Waals surface area contributed by atoms with Gasteiger partial charge in [-0.3, -0.25) is 9.69 Å². The van der Waals surface area contributed by atoms with E-state index in [9.17, 15) is 4.79 Å². The van der Waals surface area contributed by atoms with E-state index in [0.717, 1.165) is 50.8 Å². The SMILES string of the molecule is Cc1noc2nc(C(C)C)cc(C(=O)NCCCN3CCN(c4ncccn4)CC3)c12. The number of piperazine rings is 1. The van der Waals surface area contributed by atoms with Gasteiger partial charge in [-0.1, -0.05) is 19.0 Å². The molecule has 0 atom stereocenters. The Morgan fingerprint density at radius 1 is 1.19 bits per heavy atom. The summed E-state index contributed by atoms with van der Waals surface area (Å²) in [6.07, 6.45) is 4.44. The lowest BCUT2D eigenvalue weighted by atomic mass is 10.0. The minimum atomic E-state index is -0.105. The van der Waals surface area contributed by atoms with Gasteiger partial charge in [-0.2, -0.15) is 0 Å². The van der Waals surface area contributed by atoms with E-state index in [1.807, 2.05) is 32.9 Å². The van der Waals surface area contributed by atoms with Crippen LogP contribution in [0.15, 0.2) is 29.0 Å². The Morgan fingerprint density at radius 2 is 1.94 bits per heavy atom. The second-order valence-electron chi connectivity index (χ2n) is 8.18. The highest BCUT2D eigenvalue weighted by molar-refractivity contribution is 6.06. The molecule has 1 saturated heterocycles. The Kier molecular flexibility index (Phi) is 6.41. The predicted octanol–water partition coefficient (Wildman–Crippen LogP) is 2.39. The van der Waals surface area contributed by atoms with Gasteiger partial charge in [-0.25, -0.2) is 15.0 Å². The van der Waals surface area contributed by atoms with Crippen molar-refractivity contribution in [1.82, 2.24) is 30.3 Å². The van der Waals surface area contributed by atoms with E-state index in [1.54, 1.807) is 12.4 Å². The molecule has 0 radical (unpaired) electrons. The summed E-state index contributed by atoms with van der Waals surface area (Å²) in [6, 6.07) is 3.69. The van der Waals surface area contributed by atoms with Crippen molar-refractivity contribution >= 4 is 23.0 Å². The number of nitrogens with one attached hydrogen (secondary N) is 1. The zero-order valence-electron chi connectivity index (χ0n) is 18.3. The molecule has 4 rings (SSSR count). The first kappa shape index (κ1) is 21.2. The molecule has 0 bridgehead atoms. The number of hydrogen-bond donors (Lipinski definition) is 1. The molecule has 1 fully saturated rings. The van der Waals surface area contributed by atoms with Crippen LogP contribution in [0.2, 0.25) is 0 Å². The molecule has 1 amide bonds. The quantitative estimate of drug-likeness (QED) is 0.578. The number of amides is 1. The zero-order chi connectivity index (χ0) is 21.8. The van der Waals surface area contributed by atoms with Crippen molar-refractivity contribution in [2.75, 3.05) is 44.2 Å². The van der Waals surface area contributed by atoms with Gasteiger partial charge in [-0.05, 0) is 37.9 Å². The number of aryl methyl sites for hydroxylation is 1. The highest BCUT2D eigenvalue weighted by Crippen LogP contribution is 2.25. The lowest BCUT2D eigenvalue weighted by Gasteiger charge is -2.34. The van der Waals surface area contributed by atoms with E-state index >= 15 is 0 Å². The second kappa shape index (κ2) is 9.38. The van der Waals surface area contributed by atoms with Crippen LogP contribution in [-0.2, 0) is 0 Å². The summed E-state index contributed by atoms with van der Waals surface area (Å²) in [7, 11) is 0. The molecule has 0 aliphatic carbocycles. The average Bonchev–Trinajstić information content (AvgIpc) is 3.17. The molecule has 31 heavy (non-hydrogen) atoms. The molecule has 0 spiro atoms. The van der Waals surface area contributed by atoms with Gasteiger partial charge < -0.3 is 14.7 Å². The van der Waals surface area contributed by atoms with Crippen LogP contribution in [0.1, 0.15) is 47.9 Å². The van der Waals surface area contributed by atoms with E-state index in [2.05, 4.69) is 35.2 Å². The summed E-state index contributed by atoms with van der Waals surface area (Å²) in [4.78, 5) is 30.7. The first-order chi connectivity index (χ1) is 15.0. The maximum atomic E-state index is 12.9. The summed E-state index contributed by atoms with van der Waals surface area (Å²) in [6.45, 7) is 11.2. The second-order valence-corrected chi connectivity index (χ2v) is 8.18. The van der Waals surface area contributed by atoms with Crippen LogP contribution in [0, 0.1) is 6.92 Å². The first-order valence-electron chi connectivity index (χ1n) is 10.8. The maximum Gasteiger partial charge on any atom is 0.259 e. The number of hydrogen-bond acceptors (Lipinski definition) is 8. The Balaban J connectivity index is 1.28. The third-order valence-corrected chi connectivity index (χ3v) is 5.62. The fourth-order valence-corrected chi connectivity index (χ4v) is 3.81. The van der Waals surface area contributed by atoms with Gasteiger partial charge in [0.25, 0.3) is 11.6 Å². The lowest BCUT2D eigenvalue weighted by Crippen LogP contribution is -2.47. The van der Waals surface area contributed by atoms with E-state index in [4.69, 9.17) is 4.52 Å². The molecule has 0 unspecified atom stereocenters.